The number of carbonyl (C=O) groups excluding carboxylic acids is 6. The molecule has 2 saturated heterocycles. The molecule has 5 aromatic carbocycles. The summed E-state index contributed by atoms with van der Waals surface area (Å²) in [6, 6.07) is 28.6. The first kappa shape index (κ1) is 46.6. The van der Waals surface area contributed by atoms with Crippen LogP contribution in [-0.4, -0.2) is 89.6 Å². The van der Waals surface area contributed by atoms with Crippen LogP contribution in [0.4, 0.5) is 34.1 Å². The zero-order valence-corrected chi connectivity index (χ0v) is 37.0. The van der Waals surface area contributed by atoms with E-state index < -0.39 is 71.7 Å². The van der Waals surface area contributed by atoms with Crippen LogP contribution in [0.2, 0.25) is 0 Å². The van der Waals surface area contributed by atoms with Crippen LogP contribution in [0.15, 0.2) is 121 Å². The molecule has 0 radical (unpaired) electrons. The van der Waals surface area contributed by atoms with Crippen molar-refractivity contribution in [2.45, 2.75) is 62.6 Å². The number of hydrogen-bond donors (Lipinski definition) is 4. The third-order valence-corrected chi connectivity index (χ3v) is 12.3. The lowest BCUT2D eigenvalue weighted by molar-refractivity contribution is -0.138. The Kier molecular flexibility index (Phi) is 13.7. The van der Waals surface area contributed by atoms with E-state index >= 15 is 0 Å². The van der Waals surface area contributed by atoms with Crippen LogP contribution in [0.1, 0.15) is 60.0 Å². The first-order valence-corrected chi connectivity index (χ1v) is 22.0. The number of hydrogen-bond acceptors (Lipinski definition) is 8. The Bertz CT molecular complexity index is 2710. The molecule has 2 fully saturated rings. The number of aromatic nitrogens is 1. The summed E-state index contributed by atoms with van der Waals surface area (Å²) >= 11 is 0. The number of nitrogens with one attached hydrogen (secondary N) is 4. The maximum Gasteiger partial charge on any atom is 0.416 e. The van der Waals surface area contributed by atoms with Gasteiger partial charge in [-0.05, 0) is 78.8 Å². The number of alkyl carbamates (subject to hydrolysis) is 2. The highest BCUT2D eigenvalue weighted by atomic mass is 19.4. The highest BCUT2D eigenvalue weighted by Crippen LogP contribution is 2.36. The smallest absolute Gasteiger partial charge is 0.416 e. The second kappa shape index (κ2) is 19.9. The van der Waals surface area contributed by atoms with Gasteiger partial charge in [0.2, 0.25) is 11.8 Å². The number of rotatable bonds is 12. The van der Waals surface area contributed by atoms with E-state index in [-0.39, 0.29) is 19.6 Å². The number of likely N-dealkylation sites (tertiary alicyclic amines) is 2. The quantitative estimate of drug-likeness (QED) is 0.0956. The number of alkyl halides is 3. The van der Waals surface area contributed by atoms with Gasteiger partial charge in [-0.25, -0.2) is 9.59 Å². The molecule has 0 unspecified atom stereocenters. The number of methoxy groups -OCH3 is 2. The van der Waals surface area contributed by atoms with Crippen LogP contribution >= 0.6 is 0 Å². The van der Waals surface area contributed by atoms with Crippen LogP contribution in [0.5, 0.6) is 0 Å². The van der Waals surface area contributed by atoms with Gasteiger partial charge >= 0.3 is 18.4 Å². The van der Waals surface area contributed by atoms with Crippen LogP contribution in [-0.2, 0) is 41.4 Å². The SMILES string of the molecule is COC(=O)N[C@@H](C(=O)N1CCC[C@H]1C(=O)Nc1ccc2c3ccc(NC(=O)[C@@H]4CCCN4C(=O)[C@H](NC(=O)OC)c4ccccc4)cc3n(Cc3cccc(C(F)(F)F)c3)c2c1)c1ccccc1. The average molecular weight is 932 g/mol. The molecule has 0 saturated carbocycles. The van der Waals surface area contributed by atoms with Gasteiger partial charge in [-0.1, -0.05) is 84.9 Å². The molecular formula is C50H48F3N7O8. The van der Waals surface area contributed by atoms with E-state index in [1.807, 2.05) is 0 Å². The van der Waals surface area contributed by atoms with E-state index in [4.69, 9.17) is 9.47 Å². The van der Waals surface area contributed by atoms with Gasteiger partial charge < -0.3 is 45.1 Å². The summed E-state index contributed by atoms with van der Waals surface area (Å²) in [5.74, 6) is -1.92. The third-order valence-electron chi connectivity index (χ3n) is 12.3. The van der Waals surface area contributed by atoms with Gasteiger partial charge in [-0.2, -0.15) is 13.2 Å². The number of amides is 6. The highest BCUT2D eigenvalue weighted by molar-refractivity contribution is 6.11. The van der Waals surface area contributed by atoms with E-state index in [0.29, 0.717) is 75.6 Å². The minimum Gasteiger partial charge on any atom is -0.453 e. The number of ether oxygens (including phenoxy) is 2. The van der Waals surface area contributed by atoms with E-state index in [1.165, 1.54) is 30.1 Å². The molecule has 0 bridgehead atoms. The second-order valence-electron chi connectivity index (χ2n) is 16.6. The standard InChI is InChI=1S/C50H48F3N7O8/c1-67-48(65)56-42(31-13-5-3-6-14-31)46(63)58-24-10-18-38(58)44(61)54-34-20-22-36-37-23-21-35(28-41(37)60(40(36)27-34)29-30-12-9-17-33(26-30)50(51,52)53)55-45(62)39-19-11-25-59(39)47(64)43(57-49(66)68-2)32-15-7-4-8-16-32/h3-9,12-17,20-23,26-28,38-39,42-43H,10-11,18-19,24-25,29H2,1-2H3,(H,54,61)(H,55,62)(H,56,65)(H,57,66)/t38-,39-,42+,43+/m0/s1. The Morgan fingerprint density at radius 3 is 1.49 bits per heavy atom. The summed E-state index contributed by atoms with van der Waals surface area (Å²) in [5.41, 5.74) is 2.36. The van der Waals surface area contributed by atoms with Gasteiger partial charge in [0.15, 0.2) is 0 Å². The summed E-state index contributed by atoms with van der Waals surface area (Å²) < 4.78 is 53.2. The van der Waals surface area contributed by atoms with E-state index in [2.05, 4.69) is 21.3 Å². The Morgan fingerprint density at radius 1 is 0.603 bits per heavy atom. The molecule has 1 aromatic heterocycles. The lowest BCUT2D eigenvalue weighted by Crippen LogP contribution is -2.48. The molecule has 352 valence electrons. The van der Waals surface area contributed by atoms with Crippen LogP contribution < -0.4 is 21.3 Å². The molecule has 6 amide bonds. The zero-order chi connectivity index (χ0) is 48.1. The molecular weight excluding hydrogens is 884 g/mol. The highest BCUT2D eigenvalue weighted by Gasteiger charge is 2.40. The van der Waals surface area contributed by atoms with Crippen molar-refractivity contribution in [3.63, 3.8) is 0 Å². The van der Waals surface area contributed by atoms with Gasteiger partial charge in [0.1, 0.15) is 24.2 Å². The minimum atomic E-state index is -4.59. The third kappa shape index (κ3) is 9.94. The van der Waals surface area contributed by atoms with Crippen molar-refractivity contribution < 1.29 is 51.4 Å². The van der Waals surface area contributed by atoms with Crippen LogP contribution in [0, 0.1) is 0 Å². The number of nitrogens with zero attached hydrogens (tertiary/aromatic N) is 3. The Labute approximate surface area is 388 Å². The van der Waals surface area contributed by atoms with E-state index in [0.717, 1.165) is 12.1 Å². The largest absolute Gasteiger partial charge is 0.453 e. The van der Waals surface area contributed by atoms with E-state index in [9.17, 15) is 41.9 Å². The van der Waals surface area contributed by atoms with Gasteiger partial charge in [0, 0.05) is 41.8 Å². The fourth-order valence-electron chi connectivity index (χ4n) is 9.06. The first-order valence-electron chi connectivity index (χ1n) is 22.0. The van der Waals surface area contributed by atoms with Crippen molar-refractivity contribution in [3.05, 3.63) is 144 Å². The van der Waals surface area contributed by atoms with Gasteiger partial charge in [0.05, 0.1) is 30.8 Å². The van der Waals surface area contributed by atoms with Crippen LogP contribution in [0.3, 0.4) is 0 Å². The molecule has 4 N–H and O–H groups in total. The fraction of sp³-hybridized carbons (Fsp3) is 0.280. The summed E-state index contributed by atoms with van der Waals surface area (Å²) in [5, 5.41) is 12.5. The summed E-state index contributed by atoms with van der Waals surface area (Å²) in [4.78, 5) is 83.7. The van der Waals surface area contributed by atoms with Gasteiger partial charge in [-0.3, -0.25) is 19.2 Å². The van der Waals surface area contributed by atoms with Crippen molar-refractivity contribution in [2.24, 2.45) is 0 Å². The lowest BCUT2D eigenvalue weighted by atomic mass is 10.0. The molecule has 0 spiro atoms. The predicted molar refractivity (Wildman–Crippen MR) is 246 cm³/mol. The number of carbonyl (C=O) groups is 6. The van der Waals surface area contributed by atoms with E-state index in [1.54, 1.807) is 108 Å². The maximum absolute atomic E-state index is 14.1. The molecule has 6 aromatic rings. The topological polar surface area (TPSA) is 180 Å². The molecule has 18 heteroatoms. The normalized spacial score (nSPS) is 16.8. The summed E-state index contributed by atoms with van der Waals surface area (Å²) in [6.07, 6.45) is -4.45. The van der Waals surface area contributed by atoms with Crippen molar-refractivity contribution in [1.82, 2.24) is 25.0 Å². The number of anilines is 2. The first-order chi connectivity index (χ1) is 32.7. The molecule has 4 atom stereocenters. The lowest BCUT2D eigenvalue weighted by Gasteiger charge is -2.28. The monoisotopic (exact) mass is 931 g/mol. The number of halogens is 3. The zero-order valence-electron chi connectivity index (χ0n) is 37.0. The Balaban J connectivity index is 1.09. The molecule has 2 aliphatic heterocycles. The van der Waals surface area contributed by atoms with Crippen molar-refractivity contribution in [1.29, 1.82) is 0 Å². The van der Waals surface area contributed by atoms with Crippen molar-refractivity contribution in [3.8, 4) is 0 Å². The Hall–Kier alpha value is -7.89. The predicted octanol–water partition coefficient (Wildman–Crippen LogP) is 7.92. The fourth-order valence-corrected chi connectivity index (χ4v) is 9.06. The number of fused-ring (bicyclic) bond motifs is 3. The molecule has 8 rings (SSSR count). The molecule has 0 aliphatic carbocycles. The molecule has 15 nitrogen and oxygen atoms in total. The van der Waals surface area contributed by atoms with Gasteiger partial charge in [0.25, 0.3) is 11.8 Å². The summed E-state index contributed by atoms with van der Waals surface area (Å²) in [6.45, 7) is 0.501. The van der Waals surface area contributed by atoms with Crippen LogP contribution in [0.25, 0.3) is 21.8 Å². The number of benzene rings is 5. The second-order valence-corrected chi connectivity index (χ2v) is 16.6. The molecule has 2 aliphatic rings. The van der Waals surface area contributed by atoms with Gasteiger partial charge in [-0.15, -0.1) is 0 Å². The van der Waals surface area contributed by atoms with Crippen molar-refractivity contribution >= 4 is 69.0 Å². The maximum atomic E-state index is 14.1. The van der Waals surface area contributed by atoms with Crippen molar-refractivity contribution in [2.75, 3.05) is 37.9 Å². The molecule has 3 heterocycles. The average Bonchev–Trinajstić information content (AvgIpc) is 4.11. The minimum absolute atomic E-state index is 0.0311. The molecule has 68 heavy (non-hydrogen) atoms. The summed E-state index contributed by atoms with van der Waals surface area (Å²) in [7, 11) is 2.38. The Morgan fingerprint density at radius 2 is 1.06 bits per heavy atom.